The fourth-order valence-electron chi connectivity index (χ4n) is 3.80. The van der Waals surface area contributed by atoms with Gasteiger partial charge in [0.25, 0.3) is 0 Å². The number of nitrogens with two attached hydrogens (primary N) is 2. The Morgan fingerprint density at radius 3 is 0.923 bits per heavy atom. The van der Waals surface area contributed by atoms with Crippen LogP contribution in [0.25, 0.3) is 11.1 Å². The molecule has 0 fully saturated rings. The largest absolute Gasteiger partial charge is 0.398 e. The summed E-state index contributed by atoms with van der Waals surface area (Å²) in [5.41, 5.74) is 22.7. The van der Waals surface area contributed by atoms with Crippen molar-refractivity contribution in [3.63, 3.8) is 0 Å². The summed E-state index contributed by atoms with van der Waals surface area (Å²) < 4.78 is 0. The van der Waals surface area contributed by atoms with Gasteiger partial charge in [0.15, 0.2) is 0 Å². The number of hydrogen-bond donors (Lipinski definition) is 2. The Labute approximate surface area is 160 Å². The Hall–Kier alpha value is -1.96. The number of nitrogen functional groups attached to an aromatic ring is 2. The van der Waals surface area contributed by atoms with Crippen molar-refractivity contribution in [1.29, 1.82) is 0 Å². The van der Waals surface area contributed by atoms with Gasteiger partial charge in [-0.2, -0.15) is 0 Å². The quantitative estimate of drug-likeness (QED) is 0.518. The molecule has 0 atom stereocenters. The topological polar surface area (TPSA) is 52.0 Å². The first-order chi connectivity index (χ1) is 12.5. The third-order valence-electron chi connectivity index (χ3n) is 5.11. The first kappa shape index (κ1) is 20.4. The number of rotatable bonds is 9. The molecule has 0 saturated carbocycles. The minimum absolute atomic E-state index is 0.996. The van der Waals surface area contributed by atoms with Gasteiger partial charge in [0, 0.05) is 11.4 Å². The van der Waals surface area contributed by atoms with Gasteiger partial charge >= 0.3 is 0 Å². The number of aryl methyl sites for hydroxylation is 4. The Balaban J connectivity index is 2.61. The molecule has 0 saturated heterocycles. The first-order valence-corrected chi connectivity index (χ1v) is 10.4. The molecule has 2 heteroatoms. The molecule has 2 aromatic carbocycles. The second-order valence-corrected chi connectivity index (χ2v) is 7.42. The second kappa shape index (κ2) is 9.66. The molecule has 26 heavy (non-hydrogen) atoms. The second-order valence-electron chi connectivity index (χ2n) is 7.42. The van der Waals surface area contributed by atoms with Gasteiger partial charge in [0.1, 0.15) is 0 Å². The van der Waals surface area contributed by atoms with Crippen molar-refractivity contribution in [2.45, 2.75) is 79.1 Å². The van der Waals surface area contributed by atoms with E-state index in [9.17, 15) is 0 Å². The maximum absolute atomic E-state index is 6.46. The van der Waals surface area contributed by atoms with Crippen LogP contribution in [0.5, 0.6) is 0 Å². The number of benzene rings is 2. The zero-order valence-corrected chi connectivity index (χ0v) is 17.1. The minimum Gasteiger partial charge on any atom is -0.398 e. The molecule has 0 amide bonds. The van der Waals surface area contributed by atoms with Gasteiger partial charge in [0.2, 0.25) is 0 Å². The van der Waals surface area contributed by atoms with E-state index in [0.717, 1.165) is 62.7 Å². The van der Waals surface area contributed by atoms with Crippen molar-refractivity contribution in [2.24, 2.45) is 0 Å². The van der Waals surface area contributed by atoms with E-state index < -0.39 is 0 Å². The first-order valence-electron chi connectivity index (χ1n) is 10.4. The third kappa shape index (κ3) is 4.60. The summed E-state index contributed by atoms with van der Waals surface area (Å²) in [5, 5.41) is 0. The highest BCUT2D eigenvalue weighted by Gasteiger charge is 2.13. The van der Waals surface area contributed by atoms with Crippen LogP contribution in [-0.2, 0) is 25.7 Å². The predicted octanol–water partition coefficient (Wildman–Crippen LogP) is 6.33. The van der Waals surface area contributed by atoms with Crippen LogP contribution in [0.15, 0.2) is 24.3 Å². The van der Waals surface area contributed by atoms with Gasteiger partial charge in [-0.15, -0.1) is 0 Å². The molecular formula is C24H36N2. The van der Waals surface area contributed by atoms with E-state index >= 15 is 0 Å². The normalized spacial score (nSPS) is 11.1. The monoisotopic (exact) mass is 352 g/mol. The maximum atomic E-state index is 6.46. The fourth-order valence-corrected chi connectivity index (χ4v) is 3.80. The predicted molar refractivity (Wildman–Crippen MR) is 117 cm³/mol. The molecule has 0 radical (unpaired) electrons. The number of anilines is 2. The minimum atomic E-state index is 0.996. The molecule has 2 aromatic rings. The fraction of sp³-hybridized carbons (Fsp3) is 0.500. The average Bonchev–Trinajstić information content (AvgIpc) is 2.62. The molecule has 2 rings (SSSR count). The van der Waals surface area contributed by atoms with Gasteiger partial charge in [-0.3, -0.25) is 0 Å². The molecule has 142 valence electrons. The molecule has 0 aromatic heterocycles. The number of hydrogen-bond acceptors (Lipinski definition) is 2. The van der Waals surface area contributed by atoms with Crippen molar-refractivity contribution >= 4 is 11.4 Å². The van der Waals surface area contributed by atoms with Crippen LogP contribution in [0, 0.1) is 0 Å². The summed E-state index contributed by atoms with van der Waals surface area (Å²) in [5.74, 6) is 0. The van der Waals surface area contributed by atoms with Crippen molar-refractivity contribution in [3.8, 4) is 11.1 Å². The van der Waals surface area contributed by atoms with E-state index in [0.29, 0.717) is 0 Å². The van der Waals surface area contributed by atoms with Gasteiger partial charge in [-0.25, -0.2) is 0 Å². The Morgan fingerprint density at radius 2 is 0.731 bits per heavy atom. The van der Waals surface area contributed by atoms with Crippen molar-refractivity contribution in [3.05, 3.63) is 46.5 Å². The van der Waals surface area contributed by atoms with Crippen LogP contribution in [0.4, 0.5) is 11.4 Å². The molecular weight excluding hydrogens is 316 g/mol. The standard InChI is InChI=1S/C24H36N2/c1-5-9-17-13-21(14-18(10-6-2)23(17)25)22-15-19(11-7-3)24(26)20(16-22)12-8-4/h13-16H,5-12,25-26H2,1-4H3. The summed E-state index contributed by atoms with van der Waals surface area (Å²) in [6, 6.07) is 9.20. The molecule has 0 aliphatic heterocycles. The lowest BCUT2D eigenvalue weighted by molar-refractivity contribution is 0.897. The molecule has 0 aliphatic carbocycles. The van der Waals surface area contributed by atoms with E-state index in [-0.39, 0.29) is 0 Å². The van der Waals surface area contributed by atoms with Crippen LogP contribution < -0.4 is 11.5 Å². The lowest BCUT2D eigenvalue weighted by atomic mass is 9.90. The maximum Gasteiger partial charge on any atom is 0.0379 e. The van der Waals surface area contributed by atoms with Crippen LogP contribution >= 0.6 is 0 Å². The zero-order valence-electron chi connectivity index (χ0n) is 17.1. The van der Waals surface area contributed by atoms with Crippen LogP contribution in [0.1, 0.15) is 75.6 Å². The molecule has 0 spiro atoms. The molecule has 0 heterocycles. The molecule has 0 aliphatic rings. The summed E-state index contributed by atoms with van der Waals surface area (Å²) in [6.07, 6.45) is 8.60. The van der Waals surface area contributed by atoms with Gasteiger partial charge < -0.3 is 11.5 Å². The highest BCUT2D eigenvalue weighted by atomic mass is 14.6. The molecule has 0 bridgehead atoms. The van der Waals surface area contributed by atoms with Gasteiger partial charge in [-0.05, 0) is 83.3 Å². The van der Waals surface area contributed by atoms with Crippen molar-refractivity contribution in [1.82, 2.24) is 0 Å². The lowest BCUT2D eigenvalue weighted by Crippen LogP contribution is -2.03. The van der Waals surface area contributed by atoms with E-state index in [2.05, 4.69) is 52.0 Å². The SMILES string of the molecule is CCCc1cc(-c2cc(CCC)c(N)c(CCC)c2)cc(CCC)c1N. The van der Waals surface area contributed by atoms with Crippen LogP contribution in [0.2, 0.25) is 0 Å². The van der Waals surface area contributed by atoms with E-state index in [1.807, 2.05) is 0 Å². The Morgan fingerprint density at radius 1 is 0.500 bits per heavy atom. The van der Waals surface area contributed by atoms with Gasteiger partial charge in [-0.1, -0.05) is 53.4 Å². The smallest absolute Gasteiger partial charge is 0.0379 e. The van der Waals surface area contributed by atoms with E-state index in [1.165, 1.54) is 33.4 Å². The summed E-state index contributed by atoms with van der Waals surface area (Å²) in [4.78, 5) is 0. The highest BCUT2D eigenvalue weighted by Crippen LogP contribution is 2.33. The summed E-state index contributed by atoms with van der Waals surface area (Å²) in [6.45, 7) is 8.86. The van der Waals surface area contributed by atoms with Crippen LogP contribution in [-0.4, -0.2) is 0 Å². The molecule has 0 unspecified atom stereocenters. The summed E-state index contributed by atoms with van der Waals surface area (Å²) in [7, 11) is 0. The van der Waals surface area contributed by atoms with Crippen molar-refractivity contribution in [2.75, 3.05) is 11.5 Å². The summed E-state index contributed by atoms with van der Waals surface area (Å²) >= 11 is 0. The Bertz CT molecular complexity index is 613. The molecule has 4 N–H and O–H groups in total. The van der Waals surface area contributed by atoms with Gasteiger partial charge in [0.05, 0.1) is 0 Å². The zero-order chi connectivity index (χ0) is 19.1. The average molecular weight is 353 g/mol. The highest BCUT2D eigenvalue weighted by molar-refractivity contribution is 5.74. The third-order valence-corrected chi connectivity index (χ3v) is 5.11. The van der Waals surface area contributed by atoms with Crippen LogP contribution in [0.3, 0.4) is 0 Å². The van der Waals surface area contributed by atoms with E-state index in [1.54, 1.807) is 0 Å². The Kier molecular flexibility index (Phi) is 7.56. The molecule has 2 nitrogen and oxygen atoms in total. The lowest BCUT2D eigenvalue weighted by Gasteiger charge is -2.17. The van der Waals surface area contributed by atoms with E-state index in [4.69, 9.17) is 11.5 Å². The van der Waals surface area contributed by atoms with Crippen molar-refractivity contribution < 1.29 is 0 Å².